The summed E-state index contributed by atoms with van der Waals surface area (Å²) < 4.78 is 0. The Morgan fingerprint density at radius 2 is 2.20 bits per heavy atom. The number of nitrogens with one attached hydrogen (secondary N) is 2. The van der Waals surface area contributed by atoms with Crippen molar-refractivity contribution in [2.45, 2.75) is 52.0 Å². The number of aromatic nitrogens is 1. The molecular formula is C21H31N3O. The molecule has 1 aromatic rings. The first kappa shape index (κ1) is 19.4. The number of allylic oxidation sites excluding steroid dienone is 3. The average Bonchev–Trinajstić information content (AvgIpc) is 2.63. The maximum Gasteiger partial charge on any atom is 0.270 e. The fraction of sp³-hybridized carbons (Fsp3) is 0.524. The summed E-state index contributed by atoms with van der Waals surface area (Å²) in [5.41, 5.74) is 1.91. The number of nitrogens with zero attached hydrogens (tertiary/aromatic N) is 1. The van der Waals surface area contributed by atoms with Crippen LogP contribution in [0, 0.1) is 5.41 Å². The summed E-state index contributed by atoms with van der Waals surface area (Å²) in [5.74, 6) is -0.100. The molecule has 0 saturated carbocycles. The highest BCUT2D eigenvalue weighted by molar-refractivity contribution is 5.92. The zero-order valence-corrected chi connectivity index (χ0v) is 15.6. The molecular weight excluding hydrogens is 310 g/mol. The molecule has 0 radical (unpaired) electrons. The largest absolute Gasteiger partial charge is 0.348 e. The van der Waals surface area contributed by atoms with E-state index in [4.69, 9.17) is 0 Å². The highest BCUT2D eigenvalue weighted by atomic mass is 16.1. The predicted molar refractivity (Wildman–Crippen MR) is 104 cm³/mol. The Morgan fingerprint density at radius 1 is 1.44 bits per heavy atom. The third kappa shape index (κ3) is 5.53. The van der Waals surface area contributed by atoms with Crippen LogP contribution in [-0.4, -0.2) is 30.0 Å². The maximum atomic E-state index is 12.4. The van der Waals surface area contributed by atoms with Crippen molar-refractivity contribution in [1.29, 1.82) is 0 Å². The smallest absolute Gasteiger partial charge is 0.270 e. The molecule has 2 N–H and O–H groups in total. The lowest BCUT2D eigenvalue weighted by Crippen LogP contribution is -2.43. The number of hydrogen-bond donors (Lipinski definition) is 2. The summed E-state index contributed by atoms with van der Waals surface area (Å²) in [5, 5.41) is 6.56. The van der Waals surface area contributed by atoms with Gasteiger partial charge in [0.2, 0.25) is 0 Å². The Bertz CT molecular complexity index is 588. The van der Waals surface area contributed by atoms with Gasteiger partial charge in [0.1, 0.15) is 5.69 Å². The van der Waals surface area contributed by atoms with Gasteiger partial charge in [-0.15, -0.1) is 0 Å². The summed E-state index contributed by atoms with van der Waals surface area (Å²) in [7, 11) is 0. The molecule has 4 heteroatoms. The number of amides is 1. The van der Waals surface area contributed by atoms with E-state index in [1.807, 2.05) is 12.1 Å². The first-order valence-electron chi connectivity index (χ1n) is 9.29. The second-order valence-corrected chi connectivity index (χ2v) is 7.04. The monoisotopic (exact) mass is 341 g/mol. The van der Waals surface area contributed by atoms with Crippen LogP contribution in [0.2, 0.25) is 0 Å². The van der Waals surface area contributed by atoms with Crippen LogP contribution in [0.5, 0.6) is 0 Å². The second kappa shape index (κ2) is 9.52. The van der Waals surface area contributed by atoms with Crippen molar-refractivity contribution < 1.29 is 4.79 Å². The molecule has 1 aromatic heterocycles. The lowest BCUT2D eigenvalue weighted by molar-refractivity contribution is 0.0918. The van der Waals surface area contributed by atoms with Crippen molar-refractivity contribution in [3.05, 3.63) is 54.4 Å². The number of carbonyl (C=O) groups excluding carboxylic acids is 1. The molecule has 1 fully saturated rings. The normalized spacial score (nSPS) is 18.0. The highest BCUT2D eigenvalue weighted by Gasteiger charge is 2.36. The minimum Gasteiger partial charge on any atom is -0.348 e. The first-order chi connectivity index (χ1) is 12.1. The van der Waals surface area contributed by atoms with Crippen molar-refractivity contribution >= 4 is 5.91 Å². The lowest BCUT2D eigenvalue weighted by Gasteiger charge is -2.41. The van der Waals surface area contributed by atoms with Crippen LogP contribution in [0.25, 0.3) is 0 Å². The maximum absolute atomic E-state index is 12.4. The Kier molecular flexibility index (Phi) is 7.38. The summed E-state index contributed by atoms with van der Waals surface area (Å²) >= 11 is 0. The molecule has 25 heavy (non-hydrogen) atoms. The van der Waals surface area contributed by atoms with Crippen molar-refractivity contribution in [2.75, 3.05) is 13.1 Å². The third-order valence-corrected chi connectivity index (χ3v) is 5.13. The highest BCUT2D eigenvalue weighted by Crippen LogP contribution is 2.42. The Morgan fingerprint density at radius 3 is 2.84 bits per heavy atom. The van der Waals surface area contributed by atoms with Gasteiger partial charge < -0.3 is 10.6 Å². The minimum absolute atomic E-state index is 0.0890. The number of piperidine rings is 1. The quantitative estimate of drug-likeness (QED) is 0.706. The molecule has 1 saturated heterocycles. The Balaban J connectivity index is 2.00. The van der Waals surface area contributed by atoms with Gasteiger partial charge in [-0.1, -0.05) is 30.4 Å². The van der Waals surface area contributed by atoms with Crippen molar-refractivity contribution in [3.8, 4) is 0 Å². The van der Waals surface area contributed by atoms with Crippen LogP contribution in [0.3, 0.4) is 0 Å². The minimum atomic E-state index is -0.100. The van der Waals surface area contributed by atoms with Gasteiger partial charge in [0.25, 0.3) is 5.91 Å². The van der Waals surface area contributed by atoms with Crippen molar-refractivity contribution in [2.24, 2.45) is 5.41 Å². The second-order valence-electron chi connectivity index (χ2n) is 7.04. The van der Waals surface area contributed by atoms with Crippen LogP contribution < -0.4 is 10.6 Å². The van der Waals surface area contributed by atoms with Crippen LogP contribution >= 0.6 is 0 Å². The number of pyridine rings is 1. The molecule has 0 bridgehead atoms. The van der Waals surface area contributed by atoms with E-state index in [0.717, 1.165) is 45.2 Å². The molecule has 1 atom stereocenters. The van der Waals surface area contributed by atoms with E-state index in [1.54, 1.807) is 12.3 Å². The van der Waals surface area contributed by atoms with Gasteiger partial charge in [0.05, 0.1) is 0 Å². The topological polar surface area (TPSA) is 54.0 Å². The molecule has 0 aromatic carbocycles. The van der Waals surface area contributed by atoms with E-state index in [0.29, 0.717) is 5.69 Å². The molecule has 136 valence electrons. The number of rotatable bonds is 8. The molecule has 2 heterocycles. The summed E-state index contributed by atoms with van der Waals surface area (Å²) in [4.78, 5) is 16.5. The van der Waals surface area contributed by atoms with Crippen LogP contribution in [0.1, 0.15) is 56.4 Å². The van der Waals surface area contributed by atoms with Crippen molar-refractivity contribution in [3.63, 3.8) is 0 Å². The molecule has 4 nitrogen and oxygen atoms in total. The summed E-state index contributed by atoms with van der Waals surface area (Å²) in [6.45, 7) is 10.6. The van der Waals surface area contributed by atoms with Gasteiger partial charge in [-0.05, 0) is 76.6 Å². The standard InChI is InChI=1S/C21H31N3O/c1-4-5-6-9-17(2)21(11-14-22-15-12-21)16-18(3)24-20(25)19-10-7-8-13-23-19/h4-5,7-8,10,13,18,22H,2,6,9,11-12,14-16H2,1,3H3,(H,24,25)/b5-4-. The first-order valence-corrected chi connectivity index (χ1v) is 9.29. The Labute approximate surface area is 151 Å². The van der Waals surface area contributed by atoms with Gasteiger partial charge in [-0.25, -0.2) is 0 Å². The molecule has 2 rings (SSSR count). The summed E-state index contributed by atoms with van der Waals surface area (Å²) in [6.07, 6.45) is 11.1. The third-order valence-electron chi connectivity index (χ3n) is 5.13. The number of carbonyl (C=O) groups is 1. The molecule has 1 aliphatic rings. The van der Waals surface area contributed by atoms with Crippen LogP contribution in [0.15, 0.2) is 48.7 Å². The van der Waals surface area contributed by atoms with E-state index in [-0.39, 0.29) is 17.4 Å². The Hall–Kier alpha value is -1.94. The van der Waals surface area contributed by atoms with Gasteiger partial charge in [-0.2, -0.15) is 0 Å². The zero-order valence-electron chi connectivity index (χ0n) is 15.6. The SMILES string of the molecule is C=C(CC/C=C\C)C1(CC(C)NC(=O)c2ccccn2)CCNCC1. The molecule has 1 unspecified atom stereocenters. The van der Waals surface area contributed by atoms with E-state index < -0.39 is 0 Å². The molecule has 1 aliphatic heterocycles. The van der Waals surface area contributed by atoms with E-state index in [9.17, 15) is 4.79 Å². The fourth-order valence-electron chi connectivity index (χ4n) is 3.73. The molecule has 0 spiro atoms. The van der Waals surface area contributed by atoms with E-state index in [2.05, 4.69) is 48.2 Å². The van der Waals surface area contributed by atoms with Crippen LogP contribution in [0.4, 0.5) is 0 Å². The van der Waals surface area contributed by atoms with Gasteiger partial charge in [0, 0.05) is 12.2 Å². The van der Waals surface area contributed by atoms with Gasteiger partial charge in [-0.3, -0.25) is 9.78 Å². The summed E-state index contributed by atoms with van der Waals surface area (Å²) in [6, 6.07) is 5.49. The number of hydrogen-bond acceptors (Lipinski definition) is 3. The molecule has 1 amide bonds. The van der Waals surface area contributed by atoms with Gasteiger partial charge in [0.15, 0.2) is 0 Å². The zero-order chi connectivity index (χ0) is 18.1. The van der Waals surface area contributed by atoms with E-state index >= 15 is 0 Å². The van der Waals surface area contributed by atoms with Gasteiger partial charge >= 0.3 is 0 Å². The molecule has 0 aliphatic carbocycles. The van der Waals surface area contributed by atoms with Crippen LogP contribution in [-0.2, 0) is 0 Å². The fourth-order valence-corrected chi connectivity index (χ4v) is 3.73. The lowest BCUT2D eigenvalue weighted by atomic mass is 9.68. The predicted octanol–water partition coefficient (Wildman–Crippen LogP) is 3.87. The van der Waals surface area contributed by atoms with Crippen molar-refractivity contribution in [1.82, 2.24) is 15.6 Å². The van der Waals surface area contributed by atoms with E-state index in [1.165, 1.54) is 5.57 Å². The average molecular weight is 341 g/mol.